The Morgan fingerprint density at radius 3 is 1.69 bits per heavy atom. The van der Waals surface area contributed by atoms with E-state index in [1.165, 1.54) is 117 Å². The number of rotatable bonds is 5. The maximum atomic E-state index is 2.66. The summed E-state index contributed by atoms with van der Waals surface area (Å²) in [5, 5.41) is 2.55. The van der Waals surface area contributed by atoms with Crippen molar-refractivity contribution >= 4 is 27.8 Å². The van der Waals surface area contributed by atoms with E-state index in [-0.39, 0.29) is 16.2 Å². The van der Waals surface area contributed by atoms with E-state index in [4.69, 9.17) is 0 Å². The lowest BCUT2D eigenvalue weighted by Gasteiger charge is -2.61. The Morgan fingerprint density at radius 1 is 0.390 bits per heavy atom. The zero-order chi connectivity index (χ0) is 39.7. The van der Waals surface area contributed by atoms with Crippen LogP contribution >= 0.6 is 0 Å². The second-order valence-electron chi connectivity index (χ2n) is 20.5. The molecule has 1 heteroatoms. The van der Waals surface area contributed by atoms with Crippen molar-refractivity contribution in [1.29, 1.82) is 0 Å². The van der Waals surface area contributed by atoms with E-state index in [0.29, 0.717) is 0 Å². The summed E-state index contributed by atoms with van der Waals surface area (Å²) in [5.74, 6) is 3.32. The van der Waals surface area contributed by atoms with Crippen LogP contribution in [0.1, 0.15) is 94.9 Å². The highest BCUT2D eigenvalue weighted by Gasteiger charge is 2.61. The monoisotopic (exact) mass is 765 g/mol. The van der Waals surface area contributed by atoms with Gasteiger partial charge in [0.25, 0.3) is 0 Å². The zero-order valence-electron chi connectivity index (χ0n) is 35.1. The molecule has 13 rings (SSSR count). The van der Waals surface area contributed by atoms with Gasteiger partial charge in [-0.1, -0.05) is 131 Å². The second-order valence-corrected chi connectivity index (χ2v) is 20.5. The van der Waals surface area contributed by atoms with Crippen molar-refractivity contribution in [3.05, 3.63) is 174 Å². The average molecular weight is 766 g/mol. The van der Waals surface area contributed by atoms with Gasteiger partial charge < -0.3 is 4.90 Å². The van der Waals surface area contributed by atoms with Crippen LogP contribution in [-0.2, 0) is 16.2 Å². The molecule has 4 fully saturated rings. The van der Waals surface area contributed by atoms with Crippen LogP contribution in [-0.4, -0.2) is 0 Å². The molecule has 0 aromatic heterocycles. The van der Waals surface area contributed by atoms with Gasteiger partial charge in [-0.15, -0.1) is 0 Å². The Kier molecular flexibility index (Phi) is 7.71. The van der Waals surface area contributed by atoms with Crippen molar-refractivity contribution in [3.63, 3.8) is 0 Å². The summed E-state index contributed by atoms with van der Waals surface area (Å²) < 4.78 is 0. The van der Waals surface area contributed by atoms with E-state index in [9.17, 15) is 0 Å². The second kappa shape index (κ2) is 12.8. The minimum atomic E-state index is 0.121. The topological polar surface area (TPSA) is 3.24 Å². The third-order valence-electron chi connectivity index (χ3n) is 16.3. The summed E-state index contributed by atoms with van der Waals surface area (Å²) in [6, 6.07) is 58.5. The first-order chi connectivity index (χ1) is 28.7. The first-order valence-electron chi connectivity index (χ1n) is 22.5. The smallest absolute Gasteiger partial charge is 0.0465 e. The molecular formula is C58H55N. The Morgan fingerprint density at radius 2 is 0.949 bits per heavy atom. The number of hydrogen-bond donors (Lipinski definition) is 0. The molecule has 0 N–H and O–H groups in total. The van der Waals surface area contributed by atoms with Crippen LogP contribution in [0.5, 0.6) is 0 Å². The molecule has 0 unspecified atom stereocenters. The Hall–Kier alpha value is -5.40. The Labute approximate surface area is 351 Å². The number of hydrogen-bond acceptors (Lipinski definition) is 1. The van der Waals surface area contributed by atoms with E-state index < -0.39 is 0 Å². The maximum Gasteiger partial charge on any atom is 0.0465 e. The zero-order valence-corrected chi connectivity index (χ0v) is 35.1. The summed E-state index contributed by atoms with van der Waals surface area (Å²) >= 11 is 0. The van der Waals surface area contributed by atoms with E-state index in [1.807, 2.05) is 0 Å². The van der Waals surface area contributed by atoms with E-state index in [1.54, 1.807) is 11.1 Å². The molecule has 7 aromatic carbocycles. The van der Waals surface area contributed by atoms with Gasteiger partial charge in [-0.3, -0.25) is 0 Å². The fourth-order valence-electron chi connectivity index (χ4n) is 13.5. The SMILES string of the molecule is CC1(C)CCC(C)(C)c2cc(N(c3ccc(-c4cccc(-c5ccc6ccccc6c5)c4)cc3)c3ccc4c(c3)C3(c5ccccc5-4)C4CC5CC(C4)CC3C5)ccc21. The Bertz CT molecular complexity index is 2770. The minimum Gasteiger partial charge on any atom is -0.310 e. The summed E-state index contributed by atoms with van der Waals surface area (Å²) in [6.07, 6.45) is 9.48. The molecule has 0 radical (unpaired) electrons. The molecule has 59 heavy (non-hydrogen) atoms. The molecule has 1 spiro atoms. The van der Waals surface area contributed by atoms with E-state index >= 15 is 0 Å². The molecule has 1 nitrogen and oxygen atoms in total. The first-order valence-corrected chi connectivity index (χ1v) is 22.5. The van der Waals surface area contributed by atoms with Crippen molar-refractivity contribution in [3.8, 4) is 33.4 Å². The van der Waals surface area contributed by atoms with Gasteiger partial charge in [0.1, 0.15) is 0 Å². The van der Waals surface area contributed by atoms with Crippen LogP contribution in [0.4, 0.5) is 17.1 Å². The Balaban J connectivity index is 0.991. The molecule has 0 aliphatic heterocycles. The van der Waals surface area contributed by atoms with E-state index in [0.717, 1.165) is 23.7 Å². The lowest BCUT2D eigenvalue weighted by molar-refractivity contribution is -0.0399. The molecule has 0 atom stereocenters. The quantitative estimate of drug-likeness (QED) is 0.169. The lowest BCUT2D eigenvalue weighted by Crippen LogP contribution is -2.55. The molecule has 0 heterocycles. The number of benzene rings is 7. The molecule has 4 saturated carbocycles. The molecule has 292 valence electrons. The van der Waals surface area contributed by atoms with Crippen LogP contribution in [0, 0.1) is 23.7 Å². The first kappa shape index (κ1) is 35.5. The van der Waals surface area contributed by atoms with Crippen LogP contribution in [0.25, 0.3) is 44.2 Å². The molecule has 6 aliphatic rings. The number of nitrogens with zero attached hydrogens (tertiary/aromatic N) is 1. The van der Waals surface area contributed by atoms with Gasteiger partial charge in [0.2, 0.25) is 0 Å². The van der Waals surface area contributed by atoms with Crippen molar-refractivity contribution in [2.75, 3.05) is 4.90 Å². The van der Waals surface area contributed by atoms with Crippen LogP contribution < -0.4 is 4.90 Å². The van der Waals surface area contributed by atoms with Crippen LogP contribution in [0.3, 0.4) is 0 Å². The minimum absolute atomic E-state index is 0.121. The number of anilines is 3. The van der Waals surface area contributed by atoms with Gasteiger partial charge in [-0.25, -0.2) is 0 Å². The third-order valence-corrected chi connectivity index (χ3v) is 16.3. The van der Waals surface area contributed by atoms with Crippen molar-refractivity contribution in [2.24, 2.45) is 23.7 Å². The van der Waals surface area contributed by atoms with Crippen molar-refractivity contribution in [2.45, 2.75) is 88.9 Å². The van der Waals surface area contributed by atoms with E-state index in [2.05, 4.69) is 184 Å². The average Bonchev–Trinajstić information content (AvgIpc) is 3.54. The van der Waals surface area contributed by atoms with Gasteiger partial charge in [0.05, 0.1) is 0 Å². The van der Waals surface area contributed by atoms with Crippen LogP contribution in [0.15, 0.2) is 152 Å². The highest BCUT2D eigenvalue weighted by atomic mass is 15.1. The highest BCUT2D eigenvalue weighted by Crippen LogP contribution is 2.69. The van der Waals surface area contributed by atoms with Gasteiger partial charge in [-0.05, 0) is 194 Å². The molecule has 6 aliphatic carbocycles. The molecule has 4 bridgehead atoms. The van der Waals surface area contributed by atoms with Crippen LogP contribution in [0.2, 0.25) is 0 Å². The largest absolute Gasteiger partial charge is 0.310 e. The summed E-state index contributed by atoms with van der Waals surface area (Å²) in [5.41, 5.74) is 18.4. The number of fused-ring (bicyclic) bond motifs is 5. The highest BCUT2D eigenvalue weighted by molar-refractivity contribution is 5.89. The fraction of sp³-hybridized carbons (Fsp3) is 0.310. The van der Waals surface area contributed by atoms with Gasteiger partial charge in [-0.2, -0.15) is 0 Å². The third kappa shape index (κ3) is 5.35. The normalized spacial score (nSPS) is 25.2. The summed E-state index contributed by atoms with van der Waals surface area (Å²) in [6.45, 7) is 9.79. The van der Waals surface area contributed by atoms with Crippen molar-refractivity contribution in [1.82, 2.24) is 0 Å². The predicted molar refractivity (Wildman–Crippen MR) is 248 cm³/mol. The molecule has 0 saturated heterocycles. The van der Waals surface area contributed by atoms with Gasteiger partial charge in [0, 0.05) is 22.5 Å². The molecular weight excluding hydrogens is 711 g/mol. The maximum absolute atomic E-state index is 2.66. The molecule has 7 aromatic rings. The lowest BCUT2D eigenvalue weighted by atomic mass is 9.43. The van der Waals surface area contributed by atoms with Gasteiger partial charge >= 0.3 is 0 Å². The summed E-state index contributed by atoms with van der Waals surface area (Å²) in [4.78, 5) is 2.58. The standard InChI is InChI=1S/C58H55N/c1-56(2)26-27-57(3,4)55-36-49(23-25-53(55)56)59(47-20-18-40(19-21-47)42-12-9-13-43(33-42)44-17-16-39-10-5-6-11-41(39)34-44)48-22-24-51-50-14-7-8-15-52(50)58(54(51)35-48)45-29-37-28-38(31-45)32-46(58)30-37/h5-25,33-38,45-46H,26-32H2,1-4H3. The van der Waals surface area contributed by atoms with Crippen molar-refractivity contribution < 1.29 is 0 Å². The molecule has 0 amide bonds. The predicted octanol–water partition coefficient (Wildman–Crippen LogP) is 15.7. The van der Waals surface area contributed by atoms with Gasteiger partial charge in [0.15, 0.2) is 0 Å². The fourth-order valence-corrected chi connectivity index (χ4v) is 13.5. The summed E-state index contributed by atoms with van der Waals surface area (Å²) in [7, 11) is 0.